The highest BCUT2D eigenvalue weighted by Crippen LogP contribution is 2.38. The Balaban J connectivity index is 1.55. The Bertz CT molecular complexity index is 992. The van der Waals surface area contributed by atoms with Crippen LogP contribution in [0.15, 0.2) is 42.5 Å². The van der Waals surface area contributed by atoms with Crippen molar-refractivity contribution in [3.63, 3.8) is 0 Å². The van der Waals surface area contributed by atoms with Gasteiger partial charge >= 0.3 is 12.4 Å². The van der Waals surface area contributed by atoms with Crippen LogP contribution in [0.25, 0.3) is 0 Å². The Morgan fingerprint density at radius 2 is 1.46 bits per heavy atom. The van der Waals surface area contributed by atoms with Crippen LogP contribution in [0.4, 0.5) is 26.3 Å². The standard InChI is InChI=1S/C28H34F6N2O/c1-37-25-9-5-6-21(18-25)26(36-14-12-35(13-15-36)24-7-3-2-4-8-24)11-10-20-16-22(27(29,30)31)19-23(17-20)28(32,33)34/h5-6,9,16-19,24,26H,2-4,7-8,10-15H2,1H3. The second kappa shape index (κ2) is 11.6. The molecule has 0 radical (unpaired) electrons. The molecule has 1 heterocycles. The average molecular weight is 529 g/mol. The van der Waals surface area contributed by atoms with Crippen molar-refractivity contribution in [3.8, 4) is 5.75 Å². The molecule has 1 saturated heterocycles. The molecule has 0 N–H and O–H groups in total. The fourth-order valence-electron chi connectivity index (χ4n) is 5.74. The highest BCUT2D eigenvalue weighted by Gasteiger charge is 2.37. The third kappa shape index (κ3) is 7.19. The molecule has 0 aromatic heterocycles. The van der Waals surface area contributed by atoms with Crippen molar-refractivity contribution in [3.05, 3.63) is 64.7 Å². The second-order valence-corrected chi connectivity index (χ2v) is 10.1. The summed E-state index contributed by atoms with van der Waals surface area (Å²) in [4.78, 5) is 4.85. The van der Waals surface area contributed by atoms with Gasteiger partial charge in [-0.25, -0.2) is 0 Å². The molecule has 2 aromatic rings. The summed E-state index contributed by atoms with van der Waals surface area (Å²) in [6.07, 6.45) is -2.96. The minimum Gasteiger partial charge on any atom is -0.497 e. The monoisotopic (exact) mass is 528 g/mol. The number of ether oxygens (including phenoxy) is 1. The van der Waals surface area contributed by atoms with E-state index in [1.54, 1.807) is 7.11 Å². The first kappa shape index (κ1) is 27.8. The van der Waals surface area contributed by atoms with Crippen LogP contribution in [0, 0.1) is 0 Å². The largest absolute Gasteiger partial charge is 0.497 e. The van der Waals surface area contributed by atoms with Crippen molar-refractivity contribution < 1.29 is 31.1 Å². The molecule has 0 spiro atoms. The van der Waals surface area contributed by atoms with Crippen LogP contribution in [0.5, 0.6) is 5.75 Å². The summed E-state index contributed by atoms with van der Waals surface area (Å²) in [5, 5.41) is 0. The van der Waals surface area contributed by atoms with Crippen LogP contribution in [0.1, 0.15) is 66.8 Å². The lowest BCUT2D eigenvalue weighted by molar-refractivity contribution is -0.143. The molecule has 9 heteroatoms. The van der Waals surface area contributed by atoms with Gasteiger partial charge in [-0.15, -0.1) is 0 Å². The van der Waals surface area contributed by atoms with Gasteiger partial charge in [-0.1, -0.05) is 31.4 Å². The van der Waals surface area contributed by atoms with Crippen LogP contribution in [0.3, 0.4) is 0 Å². The lowest BCUT2D eigenvalue weighted by Gasteiger charge is -2.43. The van der Waals surface area contributed by atoms with Crippen LogP contribution in [-0.2, 0) is 18.8 Å². The maximum Gasteiger partial charge on any atom is 0.416 e. The zero-order chi connectivity index (χ0) is 26.6. The first-order valence-electron chi connectivity index (χ1n) is 12.9. The third-order valence-electron chi connectivity index (χ3n) is 7.71. The number of aryl methyl sites for hydroxylation is 1. The Hall–Kier alpha value is -2.26. The summed E-state index contributed by atoms with van der Waals surface area (Å²) in [6, 6.07) is 9.89. The molecule has 37 heavy (non-hydrogen) atoms. The summed E-state index contributed by atoms with van der Waals surface area (Å²) in [6.45, 7) is 3.42. The van der Waals surface area contributed by atoms with E-state index < -0.39 is 23.5 Å². The molecule has 2 aromatic carbocycles. The van der Waals surface area contributed by atoms with Gasteiger partial charge in [-0.05, 0) is 67.1 Å². The first-order chi connectivity index (χ1) is 17.5. The third-order valence-corrected chi connectivity index (χ3v) is 7.71. The fraction of sp³-hybridized carbons (Fsp3) is 0.571. The molecule has 0 bridgehead atoms. The zero-order valence-electron chi connectivity index (χ0n) is 21.0. The summed E-state index contributed by atoms with van der Waals surface area (Å²) in [5.74, 6) is 0.668. The van der Waals surface area contributed by atoms with Gasteiger partial charge < -0.3 is 4.74 Å². The number of methoxy groups -OCH3 is 1. The highest BCUT2D eigenvalue weighted by atomic mass is 19.4. The van der Waals surface area contributed by atoms with Crippen molar-refractivity contribution in [1.29, 1.82) is 0 Å². The number of halogens is 6. The molecule has 1 aliphatic carbocycles. The molecule has 1 saturated carbocycles. The van der Waals surface area contributed by atoms with Crippen molar-refractivity contribution in [2.24, 2.45) is 0 Å². The topological polar surface area (TPSA) is 15.7 Å². The molecule has 2 fully saturated rings. The molecule has 3 nitrogen and oxygen atoms in total. The number of nitrogens with zero attached hydrogens (tertiary/aromatic N) is 2. The number of alkyl halides is 6. The Kier molecular flexibility index (Phi) is 8.74. The van der Waals surface area contributed by atoms with Crippen molar-refractivity contribution in [2.45, 2.75) is 69.4 Å². The van der Waals surface area contributed by atoms with Gasteiger partial charge in [-0.2, -0.15) is 26.3 Å². The lowest BCUT2D eigenvalue weighted by atomic mass is 9.92. The van der Waals surface area contributed by atoms with Crippen LogP contribution in [-0.4, -0.2) is 49.1 Å². The first-order valence-corrected chi connectivity index (χ1v) is 12.9. The van der Waals surface area contributed by atoms with Gasteiger partial charge in [0.1, 0.15) is 5.75 Å². The van der Waals surface area contributed by atoms with E-state index in [1.165, 1.54) is 32.1 Å². The Labute approximate surface area is 214 Å². The number of hydrogen-bond donors (Lipinski definition) is 0. The van der Waals surface area contributed by atoms with Crippen molar-refractivity contribution in [1.82, 2.24) is 9.80 Å². The van der Waals surface area contributed by atoms with Gasteiger partial charge in [0.25, 0.3) is 0 Å². The van der Waals surface area contributed by atoms with E-state index >= 15 is 0 Å². The maximum atomic E-state index is 13.4. The summed E-state index contributed by atoms with van der Waals surface area (Å²) >= 11 is 0. The van der Waals surface area contributed by atoms with Gasteiger partial charge in [0.15, 0.2) is 0 Å². The number of rotatable bonds is 7. The summed E-state index contributed by atoms with van der Waals surface area (Å²) in [5.41, 5.74) is -1.54. The van der Waals surface area contributed by atoms with Crippen molar-refractivity contribution >= 4 is 0 Å². The highest BCUT2D eigenvalue weighted by molar-refractivity contribution is 5.35. The lowest BCUT2D eigenvalue weighted by Crippen LogP contribution is -2.51. The van der Waals surface area contributed by atoms with Gasteiger partial charge in [0.05, 0.1) is 18.2 Å². The molecule has 0 amide bonds. The molecular formula is C28H34F6N2O. The molecule has 4 rings (SSSR count). The molecule has 2 aliphatic rings. The van der Waals surface area contributed by atoms with Crippen LogP contribution in [0.2, 0.25) is 0 Å². The molecule has 1 unspecified atom stereocenters. The summed E-state index contributed by atoms with van der Waals surface area (Å²) in [7, 11) is 1.57. The molecule has 1 atom stereocenters. The average Bonchev–Trinajstić information content (AvgIpc) is 2.88. The number of piperazine rings is 1. The normalized spacial score (nSPS) is 19.6. The predicted molar refractivity (Wildman–Crippen MR) is 131 cm³/mol. The van der Waals surface area contributed by atoms with E-state index in [0.29, 0.717) is 18.2 Å². The SMILES string of the molecule is COc1cccc(C(CCc2cc(C(F)(F)F)cc(C(F)(F)F)c2)N2CCN(C3CCCCC3)CC2)c1. The van der Waals surface area contributed by atoms with Gasteiger partial charge in [0, 0.05) is 38.3 Å². The fourth-order valence-corrected chi connectivity index (χ4v) is 5.74. The smallest absolute Gasteiger partial charge is 0.416 e. The van der Waals surface area contributed by atoms with Crippen LogP contribution < -0.4 is 4.74 Å². The van der Waals surface area contributed by atoms with E-state index in [1.807, 2.05) is 24.3 Å². The number of benzene rings is 2. The minimum atomic E-state index is -4.85. The van der Waals surface area contributed by atoms with Crippen molar-refractivity contribution in [2.75, 3.05) is 33.3 Å². The predicted octanol–water partition coefficient (Wildman–Crippen LogP) is 7.36. The molecule has 204 valence electrons. The molecular weight excluding hydrogens is 494 g/mol. The number of hydrogen-bond acceptors (Lipinski definition) is 3. The van der Waals surface area contributed by atoms with Gasteiger partial charge in [-0.3, -0.25) is 9.80 Å². The maximum absolute atomic E-state index is 13.4. The van der Waals surface area contributed by atoms with E-state index in [-0.39, 0.29) is 24.1 Å². The van der Waals surface area contributed by atoms with E-state index in [9.17, 15) is 26.3 Å². The Morgan fingerprint density at radius 1 is 0.838 bits per heavy atom. The Morgan fingerprint density at radius 3 is 2.03 bits per heavy atom. The summed E-state index contributed by atoms with van der Waals surface area (Å²) < 4.78 is 85.6. The zero-order valence-corrected chi connectivity index (χ0v) is 21.0. The second-order valence-electron chi connectivity index (χ2n) is 10.1. The van der Waals surface area contributed by atoms with Gasteiger partial charge in [0.2, 0.25) is 0 Å². The minimum absolute atomic E-state index is 0.0379. The van der Waals surface area contributed by atoms with E-state index in [4.69, 9.17) is 4.74 Å². The molecule has 1 aliphatic heterocycles. The van der Waals surface area contributed by atoms with Crippen LogP contribution >= 0.6 is 0 Å². The van der Waals surface area contributed by atoms with E-state index in [0.717, 1.165) is 43.9 Å². The quantitative estimate of drug-likeness (QED) is 0.349. The van der Waals surface area contributed by atoms with E-state index in [2.05, 4.69) is 9.80 Å².